The first-order chi connectivity index (χ1) is 4.97. The zero-order valence-corrected chi connectivity index (χ0v) is 7.88. The van der Waals surface area contributed by atoms with Crippen LogP contribution in [-0.2, 0) is 0 Å². The second-order valence-electron chi connectivity index (χ2n) is 2.71. The highest BCUT2D eigenvalue weighted by Gasteiger charge is 2.15. The highest BCUT2D eigenvalue weighted by atomic mass is 35.5. The first kappa shape index (κ1) is 9.04. The van der Waals surface area contributed by atoms with Gasteiger partial charge in [0.15, 0.2) is 0 Å². The van der Waals surface area contributed by atoms with E-state index in [9.17, 15) is 0 Å². The van der Waals surface area contributed by atoms with Crippen LogP contribution in [-0.4, -0.2) is 6.54 Å². The van der Waals surface area contributed by atoms with Crippen LogP contribution >= 0.6 is 23.7 Å². The van der Waals surface area contributed by atoms with Crippen LogP contribution in [0.15, 0.2) is 16.8 Å². The average Bonchev–Trinajstić information content (AvgIpc) is 2.59. The molecule has 62 valence electrons. The molecule has 1 aliphatic rings. The van der Waals surface area contributed by atoms with Crippen molar-refractivity contribution in [3.05, 3.63) is 22.4 Å². The summed E-state index contributed by atoms with van der Waals surface area (Å²) in [5, 5.41) is 7.85. The van der Waals surface area contributed by atoms with Gasteiger partial charge >= 0.3 is 0 Å². The highest BCUT2D eigenvalue weighted by molar-refractivity contribution is 7.07. The molecule has 0 aromatic carbocycles. The Morgan fingerprint density at radius 2 is 2.45 bits per heavy atom. The lowest BCUT2D eigenvalue weighted by Gasteiger charge is -2.05. The van der Waals surface area contributed by atoms with E-state index < -0.39 is 0 Å². The van der Waals surface area contributed by atoms with Crippen molar-refractivity contribution in [2.24, 2.45) is 0 Å². The molecule has 1 aromatic rings. The van der Waals surface area contributed by atoms with E-state index in [1.54, 1.807) is 11.3 Å². The van der Waals surface area contributed by atoms with Crippen LogP contribution < -0.4 is 5.32 Å². The summed E-state index contributed by atoms with van der Waals surface area (Å²) >= 11 is 1.79. The second-order valence-corrected chi connectivity index (χ2v) is 3.49. The Bertz CT molecular complexity index is 192. The third-order valence-corrected chi connectivity index (χ3v) is 2.71. The van der Waals surface area contributed by atoms with Gasteiger partial charge in [-0.15, -0.1) is 12.4 Å². The van der Waals surface area contributed by atoms with Gasteiger partial charge in [0.2, 0.25) is 0 Å². The van der Waals surface area contributed by atoms with E-state index in [0.717, 1.165) is 0 Å². The molecule has 0 aliphatic carbocycles. The van der Waals surface area contributed by atoms with Crippen molar-refractivity contribution in [3.8, 4) is 0 Å². The molecule has 1 aromatic heterocycles. The van der Waals surface area contributed by atoms with Crippen LogP contribution in [0.4, 0.5) is 0 Å². The van der Waals surface area contributed by atoms with Crippen molar-refractivity contribution < 1.29 is 0 Å². The maximum atomic E-state index is 3.47. The molecule has 0 saturated carbocycles. The van der Waals surface area contributed by atoms with E-state index in [1.165, 1.54) is 24.9 Å². The van der Waals surface area contributed by atoms with Crippen LogP contribution in [0.3, 0.4) is 0 Å². The minimum atomic E-state index is 0. The van der Waals surface area contributed by atoms with Gasteiger partial charge in [0.1, 0.15) is 0 Å². The van der Waals surface area contributed by atoms with Crippen molar-refractivity contribution in [3.63, 3.8) is 0 Å². The van der Waals surface area contributed by atoms with Gasteiger partial charge in [-0.1, -0.05) is 0 Å². The van der Waals surface area contributed by atoms with Crippen molar-refractivity contribution in [1.82, 2.24) is 5.32 Å². The third kappa shape index (κ3) is 1.95. The normalized spacial score (nSPS) is 23.1. The lowest BCUT2D eigenvalue weighted by Crippen LogP contribution is -2.11. The Hall–Kier alpha value is -0.0500. The summed E-state index contributed by atoms with van der Waals surface area (Å²) in [6.45, 7) is 1.19. The van der Waals surface area contributed by atoms with Crippen LogP contribution in [0.5, 0.6) is 0 Å². The van der Waals surface area contributed by atoms with Crippen LogP contribution in [0.1, 0.15) is 24.4 Å². The SMILES string of the molecule is Cl.c1cc([C@@H]2CCCN2)cs1. The van der Waals surface area contributed by atoms with E-state index >= 15 is 0 Å². The monoisotopic (exact) mass is 189 g/mol. The molecule has 0 bridgehead atoms. The summed E-state index contributed by atoms with van der Waals surface area (Å²) in [6.07, 6.45) is 2.65. The van der Waals surface area contributed by atoms with E-state index in [0.29, 0.717) is 6.04 Å². The lowest BCUT2D eigenvalue weighted by molar-refractivity contribution is 0.650. The van der Waals surface area contributed by atoms with Gasteiger partial charge in [0.25, 0.3) is 0 Å². The Morgan fingerprint density at radius 1 is 1.55 bits per heavy atom. The Morgan fingerprint density at radius 3 is 3.00 bits per heavy atom. The summed E-state index contributed by atoms with van der Waals surface area (Å²) in [5.74, 6) is 0. The predicted molar refractivity (Wildman–Crippen MR) is 51.5 cm³/mol. The van der Waals surface area contributed by atoms with Gasteiger partial charge in [-0.05, 0) is 41.8 Å². The van der Waals surface area contributed by atoms with E-state index in [-0.39, 0.29) is 12.4 Å². The maximum Gasteiger partial charge on any atom is 0.0328 e. The van der Waals surface area contributed by atoms with Crippen molar-refractivity contribution in [2.45, 2.75) is 18.9 Å². The summed E-state index contributed by atoms with van der Waals surface area (Å²) in [4.78, 5) is 0. The van der Waals surface area contributed by atoms with Gasteiger partial charge in [0.05, 0.1) is 0 Å². The second kappa shape index (κ2) is 4.10. The highest BCUT2D eigenvalue weighted by Crippen LogP contribution is 2.24. The van der Waals surface area contributed by atoms with Crippen molar-refractivity contribution >= 4 is 23.7 Å². The van der Waals surface area contributed by atoms with E-state index in [1.807, 2.05) is 0 Å². The molecule has 0 unspecified atom stereocenters. The van der Waals surface area contributed by atoms with E-state index in [2.05, 4.69) is 22.1 Å². The molecular formula is C8H12ClNS. The topological polar surface area (TPSA) is 12.0 Å². The van der Waals surface area contributed by atoms with Gasteiger partial charge in [-0.25, -0.2) is 0 Å². The minimum Gasteiger partial charge on any atom is -0.310 e. The fourth-order valence-electron chi connectivity index (χ4n) is 1.44. The summed E-state index contributed by atoms with van der Waals surface area (Å²) in [5.41, 5.74) is 1.47. The largest absolute Gasteiger partial charge is 0.310 e. The molecule has 1 saturated heterocycles. The summed E-state index contributed by atoms with van der Waals surface area (Å²) in [7, 11) is 0. The zero-order chi connectivity index (χ0) is 6.81. The van der Waals surface area contributed by atoms with Gasteiger partial charge in [-0.3, -0.25) is 0 Å². The maximum absolute atomic E-state index is 3.47. The fraction of sp³-hybridized carbons (Fsp3) is 0.500. The molecule has 1 aliphatic heterocycles. The Kier molecular flexibility index (Phi) is 3.37. The summed E-state index contributed by atoms with van der Waals surface area (Å²) < 4.78 is 0. The molecule has 1 fully saturated rings. The number of rotatable bonds is 1. The smallest absolute Gasteiger partial charge is 0.0328 e. The number of thiophene rings is 1. The van der Waals surface area contributed by atoms with Crippen LogP contribution in [0, 0.1) is 0 Å². The number of nitrogens with one attached hydrogen (secondary N) is 1. The quantitative estimate of drug-likeness (QED) is 0.716. The van der Waals surface area contributed by atoms with Gasteiger partial charge in [-0.2, -0.15) is 11.3 Å². The molecule has 2 rings (SSSR count). The van der Waals surface area contributed by atoms with Crippen molar-refractivity contribution in [2.75, 3.05) is 6.54 Å². The summed E-state index contributed by atoms with van der Waals surface area (Å²) in [6, 6.07) is 2.87. The average molecular weight is 190 g/mol. The molecule has 11 heavy (non-hydrogen) atoms. The van der Waals surface area contributed by atoms with Gasteiger partial charge in [0, 0.05) is 6.04 Å². The Labute approximate surface area is 77.2 Å². The standard InChI is InChI=1S/C8H11NS.ClH/c1-2-8(9-4-1)7-3-5-10-6-7;/h3,5-6,8-9H,1-2,4H2;1H/t8-;/m0./s1. The van der Waals surface area contributed by atoms with E-state index in [4.69, 9.17) is 0 Å². The first-order valence-electron chi connectivity index (χ1n) is 3.72. The number of hydrogen-bond acceptors (Lipinski definition) is 2. The first-order valence-corrected chi connectivity index (χ1v) is 4.66. The predicted octanol–water partition coefficient (Wildman–Crippen LogP) is 2.59. The molecule has 1 atom stereocenters. The zero-order valence-electron chi connectivity index (χ0n) is 6.25. The third-order valence-electron chi connectivity index (χ3n) is 2.01. The molecule has 1 N–H and O–H groups in total. The Balaban J connectivity index is 0.000000605. The molecule has 2 heterocycles. The molecule has 0 spiro atoms. The van der Waals surface area contributed by atoms with Crippen LogP contribution in [0.2, 0.25) is 0 Å². The molecule has 0 radical (unpaired) electrons. The van der Waals surface area contributed by atoms with Gasteiger partial charge < -0.3 is 5.32 Å². The van der Waals surface area contributed by atoms with Crippen LogP contribution in [0.25, 0.3) is 0 Å². The lowest BCUT2D eigenvalue weighted by atomic mass is 10.1. The number of halogens is 1. The molecule has 3 heteroatoms. The number of hydrogen-bond donors (Lipinski definition) is 1. The molecular weight excluding hydrogens is 178 g/mol. The molecule has 0 amide bonds. The fourth-order valence-corrected chi connectivity index (χ4v) is 2.16. The molecule has 1 nitrogen and oxygen atoms in total. The minimum absolute atomic E-state index is 0. The van der Waals surface area contributed by atoms with Crippen molar-refractivity contribution in [1.29, 1.82) is 0 Å².